The molecule has 106 valence electrons. The van der Waals surface area contributed by atoms with Gasteiger partial charge in [-0.05, 0) is 37.3 Å². The van der Waals surface area contributed by atoms with Gasteiger partial charge in [0, 0.05) is 10.0 Å². The highest BCUT2D eigenvalue weighted by Gasteiger charge is 2.25. The van der Waals surface area contributed by atoms with Crippen molar-refractivity contribution >= 4 is 44.7 Å². The summed E-state index contributed by atoms with van der Waals surface area (Å²) in [5.74, 6) is -0.124. The Morgan fingerprint density at radius 1 is 1.19 bits per heavy atom. The molecule has 0 bridgehead atoms. The number of rotatable bonds is 2. The first kappa shape index (κ1) is 13.8. The molecule has 1 aliphatic heterocycles. The van der Waals surface area contributed by atoms with Crippen LogP contribution >= 0.6 is 15.9 Å². The monoisotopic (exact) mass is 344 g/mol. The van der Waals surface area contributed by atoms with E-state index < -0.39 is 0 Å². The van der Waals surface area contributed by atoms with E-state index in [1.807, 2.05) is 41.3 Å². The minimum absolute atomic E-state index is 0.0326. The van der Waals surface area contributed by atoms with Crippen LogP contribution in [-0.4, -0.2) is 18.2 Å². The molecule has 21 heavy (non-hydrogen) atoms. The first-order valence-electron chi connectivity index (χ1n) is 6.53. The fourth-order valence-corrected chi connectivity index (χ4v) is 2.83. The van der Waals surface area contributed by atoms with Crippen molar-refractivity contribution in [3.8, 4) is 0 Å². The van der Waals surface area contributed by atoms with Crippen LogP contribution < -0.4 is 10.2 Å². The van der Waals surface area contributed by atoms with E-state index in [4.69, 9.17) is 0 Å². The van der Waals surface area contributed by atoms with E-state index in [0.29, 0.717) is 5.56 Å². The third kappa shape index (κ3) is 2.56. The number of nitrogens with one attached hydrogen (secondary N) is 1. The lowest BCUT2D eigenvalue weighted by molar-refractivity contribution is -0.115. The number of hydrogen-bond acceptors (Lipinski definition) is 3. The first-order chi connectivity index (χ1) is 10.1. The highest BCUT2D eigenvalue weighted by Crippen LogP contribution is 2.37. The molecule has 0 saturated heterocycles. The number of nitrogens with zero attached hydrogens (tertiary/aromatic N) is 1. The van der Waals surface area contributed by atoms with Crippen LogP contribution in [0.15, 0.2) is 46.9 Å². The zero-order chi connectivity index (χ0) is 15.0. The smallest absolute Gasteiger partial charge is 0.244 e. The van der Waals surface area contributed by atoms with Gasteiger partial charge in [0.1, 0.15) is 6.54 Å². The SMILES string of the molecule is CC(=O)c1cc(Br)ccc1N1CC(=O)Nc2ccccc21. The summed E-state index contributed by atoms with van der Waals surface area (Å²) in [6.45, 7) is 1.72. The maximum atomic E-state index is 11.9. The predicted molar refractivity (Wildman–Crippen MR) is 86.2 cm³/mol. The summed E-state index contributed by atoms with van der Waals surface area (Å²) in [6.07, 6.45) is 0. The molecule has 1 amide bonds. The number of benzene rings is 2. The Morgan fingerprint density at radius 3 is 2.71 bits per heavy atom. The molecule has 4 nitrogen and oxygen atoms in total. The van der Waals surface area contributed by atoms with Gasteiger partial charge in [0.2, 0.25) is 5.91 Å². The third-order valence-corrected chi connectivity index (χ3v) is 3.89. The molecule has 2 aromatic rings. The molecule has 0 aromatic heterocycles. The number of hydrogen-bond donors (Lipinski definition) is 1. The number of carbonyl (C=O) groups is 2. The van der Waals surface area contributed by atoms with E-state index in [2.05, 4.69) is 21.2 Å². The molecular formula is C16H13BrN2O2. The fourth-order valence-electron chi connectivity index (χ4n) is 2.47. The van der Waals surface area contributed by atoms with Crippen LogP contribution in [0.3, 0.4) is 0 Å². The van der Waals surface area contributed by atoms with Crippen molar-refractivity contribution < 1.29 is 9.59 Å². The highest BCUT2D eigenvalue weighted by molar-refractivity contribution is 9.10. The summed E-state index contributed by atoms with van der Waals surface area (Å²) < 4.78 is 0.839. The van der Waals surface area contributed by atoms with Gasteiger partial charge in [-0.25, -0.2) is 0 Å². The van der Waals surface area contributed by atoms with Gasteiger partial charge >= 0.3 is 0 Å². The molecular weight excluding hydrogens is 332 g/mol. The van der Waals surface area contributed by atoms with Gasteiger partial charge < -0.3 is 10.2 Å². The van der Waals surface area contributed by atoms with Crippen LogP contribution in [-0.2, 0) is 4.79 Å². The van der Waals surface area contributed by atoms with Gasteiger partial charge in [-0.3, -0.25) is 9.59 Å². The Morgan fingerprint density at radius 2 is 1.95 bits per heavy atom. The summed E-state index contributed by atoms with van der Waals surface area (Å²) in [4.78, 5) is 25.7. The maximum absolute atomic E-state index is 11.9. The number of amides is 1. The molecule has 1 N–H and O–H groups in total. The Balaban J connectivity index is 2.17. The molecule has 0 aliphatic carbocycles. The van der Waals surface area contributed by atoms with Gasteiger partial charge in [0.05, 0.1) is 17.1 Å². The van der Waals surface area contributed by atoms with Gasteiger partial charge in [0.15, 0.2) is 5.78 Å². The molecule has 0 fully saturated rings. The minimum Gasteiger partial charge on any atom is -0.330 e. The zero-order valence-corrected chi connectivity index (χ0v) is 13.0. The lowest BCUT2D eigenvalue weighted by Crippen LogP contribution is -2.35. The Bertz CT molecular complexity index is 743. The largest absolute Gasteiger partial charge is 0.330 e. The molecule has 0 atom stereocenters. The average Bonchev–Trinajstić information content (AvgIpc) is 2.46. The Hall–Kier alpha value is -2.14. The van der Waals surface area contributed by atoms with Crippen LogP contribution in [0, 0.1) is 0 Å². The number of anilines is 3. The molecule has 0 radical (unpaired) electrons. The van der Waals surface area contributed by atoms with E-state index in [-0.39, 0.29) is 18.2 Å². The van der Waals surface area contributed by atoms with Crippen LogP contribution in [0.4, 0.5) is 17.1 Å². The summed E-state index contributed by atoms with van der Waals surface area (Å²) in [5, 5.41) is 2.84. The van der Waals surface area contributed by atoms with Gasteiger partial charge in [-0.2, -0.15) is 0 Å². The van der Waals surface area contributed by atoms with Crippen LogP contribution in [0.1, 0.15) is 17.3 Å². The number of para-hydroxylation sites is 2. The summed E-state index contributed by atoms with van der Waals surface area (Å²) in [5.41, 5.74) is 2.98. The van der Waals surface area contributed by atoms with E-state index in [9.17, 15) is 9.59 Å². The first-order valence-corrected chi connectivity index (χ1v) is 7.32. The number of carbonyl (C=O) groups excluding carboxylic acids is 2. The van der Waals surface area contributed by atoms with E-state index >= 15 is 0 Å². The van der Waals surface area contributed by atoms with Crippen molar-refractivity contribution in [3.63, 3.8) is 0 Å². The van der Waals surface area contributed by atoms with Gasteiger partial charge in [0.25, 0.3) is 0 Å². The van der Waals surface area contributed by atoms with Gasteiger partial charge in [-0.15, -0.1) is 0 Å². The van der Waals surface area contributed by atoms with Crippen LogP contribution in [0.2, 0.25) is 0 Å². The second-order valence-corrected chi connectivity index (χ2v) is 5.78. The summed E-state index contributed by atoms with van der Waals surface area (Å²) in [6, 6.07) is 13.1. The molecule has 1 heterocycles. The number of halogens is 1. The second-order valence-electron chi connectivity index (χ2n) is 4.87. The molecule has 0 unspecified atom stereocenters. The van der Waals surface area contributed by atoms with Crippen molar-refractivity contribution in [2.45, 2.75) is 6.92 Å². The third-order valence-electron chi connectivity index (χ3n) is 3.40. The van der Waals surface area contributed by atoms with Crippen LogP contribution in [0.5, 0.6) is 0 Å². The molecule has 3 rings (SSSR count). The maximum Gasteiger partial charge on any atom is 0.244 e. The lowest BCUT2D eigenvalue weighted by atomic mass is 10.1. The Kier molecular flexibility index (Phi) is 3.51. The van der Waals surface area contributed by atoms with Crippen molar-refractivity contribution in [2.24, 2.45) is 0 Å². The van der Waals surface area contributed by atoms with Crippen molar-refractivity contribution in [1.29, 1.82) is 0 Å². The molecule has 0 spiro atoms. The number of fused-ring (bicyclic) bond motifs is 1. The fraction of sp³-hybridized carbons (Fsp3) is 0.125. The topological polar surface area (TPSA) is 49.4 Å². The molecule has 2 aromatic carbocycles. The van der Waals surface area contributed by atoms with E-state index in [1.54, 1.807) is 6.07 Å². The second kappa shape index (κ2) is 5.33. The predicted octanol–water partition coefficient (Wildman–Crippen LogP) is 3.74. The van der Waals surface area contributed by atoms with Crippen molar-refractivity contribution in [2.75, 3.05) is 16.8 Å². The van der Waals surface area contributed by atoms with E-state index in [1.165, 1.54) is 6.92 Å². The molecule has 5 heteroatoms. The van der Waals surface area contributed by atoms with Crippen LogP contribution in [0.25, 0.3) is 0 Å². The van der Waals surface area contributed by atoms with E-state index in [0.717, 1.165) is 21.5 Å². The van der Waals surface area contributed by atoms with Gasteiger partial charge in [-0.1, -0.05) is 28.1 Å². The quantitative estimate of drug-likeness (QED) is 0.844. The van der Waals surface area contributed by atoms with Crippen molar-refractivity contribution in [1.82, 2.24) is 0 Å². The van der Waals surface area contributed by atoms with Crippen molar-refractivity contribution in [3.05, 3.63) is 52.5 Å². The zero-order valence-electron chi connectivity index (χ0n) is 11.4. The lowest BCUT2D eigenvalue weighted by Gasteiger charge is -2.32. The Labute approximate surface area is 130 Å². The normalized spacial score (nSPS) is 13.6. The minimum atomic E-state index is -0.0916. The average molecular weight is 345 g/mol. The highest BCUT2D eigenvalue weighted by atomic mass is 79.9. The number of Topliss-reactive ketones (excluding diaryl/α,β-unsaturated/α-hetero) is 1. The standard InChI is InChI=1S/C16H13BrN2O2/c1-10(20)12-8-11(17)6-7-14(12)19-9-16(21)18-13-4-2-3-5-15(13)19/h2-8H,9H2,1H3,(H,18,21). The summed E-state index contributed by atoms with van der Waals surface area (Å²) >= 11 is 3.38. The number of ketones is 1. The molecule has 1 aliphatic rings. The summed E-state index contributed by atoms with van der Waals surface area (Å²) in [7, 11) is 0. The molecule has 0 saturated carbocycles.